The molecule has 0 bridgehead atoms. The first-order valence-corrected chi connectivity index (χ1v) is 5.38. The number of nitrogens with zero attached hydrogens (tertiary/aromatic N) is 2. The highest BCUT2D eigenvalue weighted by Gasteiger charge is 2.18. The molecule has 6 nitrogen and oxygen atoms in total. The van der Waals surface area contributed by atoms with Gasteiger partial charge < -0.3 is 20.5 Å². The summed E-state index contributed by atoms with van der Waals surface area (Å²) in [6.07, 6.45) is 2.41. The van der Waals surface area contributed by atoms with Gasteiger partial charge in [-0.15, -0.1) is 0 Å². The van der Waals surface area contributed by atoms with E-state index in [-0.39, 0.29) is 6.04 Å². The largest absolute Gasteiger partial charge is 0.476 e. The van der Waals surface area contributed by atoms with Crippen LogP contribution in [0.4, 0.5) is 11.5 Å². The van der Waals surface area contributed by atoms with Crippen molar-refractivity contribution in [2.75, 3.05) is 30.9 Å². The Labute approximate surface area is 94.2 Å². The van der Waals surface area contributed by atoms with Crippen molar-refractivity contribution in [3.8, 4) is 5.88 Å². The van der Waals surface area contributed by atoms with Crippen LogP contribution in [0.15, 0.2) is 6.33 Å². The molecule has 0 aliphatic carbocycles. The SMILES string of the molecule is CCOc1ncnc(NC2CCOC2)c1N. The van der Waals surface area contributed by atoms with E-state index in [1.165, 1.54) is 6.33 Å². The van der Waals surface area contributed by atoms with Crippen LogP contribution in [-0.2, 0) is 4.74 Å². The molecule has 88 valence electrons. The van der Waals surface area contributed by atoms with Gasteiger partial charge in [0.25, 0.3) is 0 Å². The Morgan fingerprint density at radius 2 is 2.50 bits per heavy atom. The third-order valence-corrected chi connectivity index (χ3v) is 2.40. The van der Waals surface area contributed by atoms with E-state index < -0.39 is 0 Å². The van der Waals surface area contributed by atoms with Crippen LogP contribution in [0.5, 0.6) is 5.88 Å². The smallest absolute Gasteiger partial charge is 0.242 e. The van der Waals surface area contributed by atoms with E-state index in [1.54, 1.807) is 0 Å². The second kappa shape index (κ2) is 4.98. The molecule has 0 spiro atoms. The van der Waals surface area contributed by atoms with E-state index in [4.69, 9.17) is 15.2 Å². The Morgan fingerprint density at radius 1 is 1.62 bits per heavy atom. The minimum Gasteiger partial charge on any atom is -0.476 e. The second-order valence-electron chi connectivity index (χ2n) is 3.58. The lowest BCUT2D eigenvalue weighted by atomic mass is 10.2. The molecule has 6 heteroatoms. The van der Waals surface area contributed by atoms with Crippen LogP contribution in [0.1, 0.15) is 13.3 Å². The van der Waals surface area contributed by atoms with Crippen molar-refractivity contribution >= 4 is 11.5 Å². The fraction of sp³-hybridized carbons (Fsp3) is 0.600. The summed E-state index contributed by atoms with van der Waals surface area (Å²) in [7, 11) is 0. The van der Waals surface area contributed by atoms with Gasteiger partial charge in [-0.3, -0.25) is 0 Å². The molecule has 1 aromatic heterocycles. The second-order valence-corrected chi connectivity index (χ2v) is 3.58. The first-order chi connectivity index (χ1) is 7.81. The molecule has 1 aromatic rings. The van der Waals surface area contributed by atoms with E-state index in [2.05, 4.69) is 15.3 Å². The predicted octanol–water partition coefficient (Wildman–Crippen LogP) is 0.658. The summed E-state index contributed by atoms with van der Waals surface area (Å²) >= 11 is 0. The average molecular weight is 224 g/mol. The highest BCUT2D eigenvalue weighted by Crippen LogP contribution is 2.25. The fourth-order valence-electron chi connectivity index (χ4n) is 1.59. The van der Waals surface area contributed by atoms with Crippen LogP contribution >= 0.6 is 0 Å². The molecule has 1 unspecified atom stereocenters. The van der Waals surface area contributed by atoms with Crippen LogP contribution in [0.3, 0.4) is 0 Å². The van der Waals surface area contributed by atoms with Gasteiger partial charge in [0.15, 0.2) is 5.82 Å². The molecule has 1 aliphatic heterocycles. The van der Waals surface area contributed by atoms with Crippen molar-refractivity contribution < 1.29 is 9.47 Å². The lowest BCUT2D eigenvalue weighted by Crippen LogP contribution is -2.21. The predicted molar refractivity (Wildman–Crippen MR) is 60.5 cm³/mol. The van der Waals surface area contributed by atoms with Crippen LogP contribution in [-0.4, -0.2) is 35.8 Å². The Hall–Kier alpha value is -1.56. The number of hydrogen-bond donors (Lipinski definition) is 2. The van der Waals surface area contributed by atoms with Gasteiger partial charge in [0.05, 0.1) is 19.3 Å². The molecule has 1 atom stereocenters. The quantitative estimate of drug-likeness (QED) is 0.781. The zero-order valence-corrected chi connectivity index (χ0v) is 9.27. The summed E-state index contributed by atoms with van der Waals surface area (Å²) in [6.45, 7) is 3.89. The molecule has 16 heavy (non-hydrogen) atoms. The monoisotopic (exact) mass is 224 g/mol. The minimum atomic E-state index is 0.270. The van der Waals surface area contributed by atoms with E-state index in [9.17, 15) is 0 Å². The molecule has 3 N–H and O–H groups in total. The summed E-state index contributed by atoms with van der Waals surface area (Å²) in [4.78, 5) is 8.08. The molecule has 1 saturated heterocycles. The van der Waals surface area contributed by atoms with E-state index >= 15 is 0 Å². The maximum atomic E-state index is 5.89. The summed E-state index contributed by atoms with van der Waals surface area (Å²) in [5.41, 5.74) is 6.35. The zero-order chi connectivity index (χ0) is 11.4. The Morgan fingerprint density at radius 3 is 3.19 bits per heavy atom. The van der Waals surface area contributed by atoms with E-state index in [0.717, 1.165) is 13.0 Å². The lowest BCUT2D eigenvalue weighted by Gasteiger charge is -2.14. The Kier molecular flexibility index (Phi) is 3.40. The number of nitrogens with two attached hydrogens (primary N) is 1. The fourth-order valence-corrected chi connectivity index (χ4v) is 1.59. The van der Waals surface area contributed by atoms with Crippen molar-refractivity contribution in [2.24, 2.45) is 0 Å². The summed E-state index contributed by atoms with van der Waals surface area (Å²) in [5, 5.41) is 3.23. The van der Waals surface area contributed by atoms with Crippen molar-refractivity contribution in [2.45, 2.75) is 19.4 Å². The Bertz CT molecular complexity index is 353. The first-order valence-electron chi connectivity index (χ1n) is 5.38. The first kappa shape index (κ1) is 10.9. The van der Waals surface area contributed by atoms with Gasteiger partial charge in [0, 0.05) is 6.61 Å². The lowest BCUT2D eigenvalue weighted by molar-refractivity contribution is 0.195. The van der Waals surface area contributed by atoms with Gasteiger partial charge in [-0.2, -0.15) is 4.98 Å². The van der Waals surface area contributed by atoms with Crippen LogP contribution < -0.4 is 15.8 Å². The molecular formula is C10H16N4O2. The average Bonchev–Trinajstić information content (AvgIpc) is 2.77. The van der Waals surface area contributed by atoms with E-state index in [1.807, 2.05) is 6.92 Å². The zero-order valence-electron chi connectivity index (χ0n) is 9.27. The summed E-state index contributed by atoms with van der Waals surface area (Å²) < 4.78 is 10.6. The number of nitrogens with one attached hydrogen (secondary N) is 1. The molecule has 1 aliphatic rings. The number of aromatic nitrogens is 2. The molecular weight excluding hydrogens is 208 g/mol. The standard InChI is InChI=1S/C10H16N4O2/c1-2-16-10-8(11)9(12-6-13-10)14-7-3-4-15-5-7/h6-7H,2-5,11H2,1H3,(H,12,13,14). The van der Waals surface area contributed by atoms with Gasteiger partial charge in [-0.05, 0) is 13.3 Å². The third-order valence-electron chi connectivity index (χ3n) is 2.40. The number of ether oxygens (including phenoxy) is 2. The highest BCUT2D eigenvalue weighted by atomic mass is 16.5. The normalized spacial score (nSPS) is 19.7. The molecule has 0 saturated carbocycles. The number of hydrogen-bond acceptors (Lipinski definition) is 6. The van der Waals surface area contributed by atoms with Gasteiger partial charge in [0.2, 0.25) is 5.88 Å². The van der Waals surface area contributed by atoms with Gasteiger partial charge >= 0.3 is 0 Å². The van der Waals surface area contributed by atoms with Crippen LogP contribution in [0.25, 0.3) is 0 Å². The molecule has 2 heterocycles. The molecule has 1 fully saturated rings. The van der Waals surface area contributed by atoms with Crippen molar-refractivity contribution in [1.29, 1.82) is 0 Å². The minimum absolute atomic E-state index is 0.270. The molecule has 0 radical (unpaired) electrons. The third kappa shape index (κ3) is 2.33. The van der Waals surface area contributed by atoms with Gasteiger partial charge in [-0.25, -0.2) is 4.98 Å². The van der Waals surface area contributed by atoms with Gasteiger partial charge in [-0.1, -0.05) is 0 Å². The maximum absolute atomic E-state index is 5.89. The van der Waals surface area contributed by atoms with Crippen molar-refractivity contribution in [3.63, 3.8) is 0 Å². The van der Waals surface area contributed by atoms with E-state index in [0.29, 0.717) is 30.6 Å². The topological polar surface area (TPSA) is 82.3 Å². The summed E-state index contributed by atoms with van der Waals surface area (Å²) in [6, 6.07) is 0.270. The Balaban J connectivity index is 2.10. The molecule has 2 rings (SSSR count). The maximum Gasteiger partial charge on any atom is 0.242 e. The van der Waals surface area contributed by atoms with Crippen LogP contribution in [0.2, 0.25) is 0 Å². The molecule has 0 amide bonds. The number of anilines is 2. The van der Waals surface area contributed by atoms with Crippen molar-refractivity contribution in [3.05, 3.63) is 6.33 Å². The highest BCUT2D eigenvalue weighted by molar-refractivity contribution is 5.66. The number of nitrogen functional groups attached to an aromatic ring is 1. The van der Waals surface area contributed by atoms with Crippen LogP contribution in [0, 0.1) is 0 Å². The van der Waals surface area contributed by atoms with Crippen molar-refractivity contribution in [1.82, 2.24) is 9.97 Å². The summed E-state index contributed by atoms with van der Waals surface area (Å²) in [5.74, 6) is 1.05. The molecule has 0 aromatic carbocycles. The van der Waals surface area contributed by atoms with Gasteiger partial charge in [0.1, 0.15) is 12.0 Å². The number of rotatable bonds is 4.